The van der Waals surface area contributed by atoms with Crippen molar-refractivity contribution in [2.45, 2.75) is 27.7 Å². The van der Waals surface area contributed by atoms with Crippen molar-refractivity contribution >= 4 is 12.2 Å². The predicted molar refractivity (Wildman–Crippen MR) is 78.1 cm³/mol. The van der Waals surface area contributed by atoms with Crippen LogP contribution in [0.15, 0.2) is 15.8 Å². The van der Waals surface area contributed by atoms with Gasteiger partial charge in [0.1, 0.15) is 0 Å². The Bertz CT molecular complexity index is 704. The van der Waals surface area contributed by atoms with Crippen LogP contribution in [0.4, 0.5) is 14.0 Å². The van der Waals surface area contributed by atoms with Crippen LogP contribution in [0.25, 0.3) is 0 Å². The molecule has 0 saturated heterocycles. The van der Waals surface area contributed by atoms with E-state index in [-0.39, 0.29) is 34.2 Å². The summed E-state index contributed by atoms with van der Waals surface area (Å²) in [5.74, 6) is -1.52. The molecule has 0 bridgehead atoms. The zero-order valence-electron chi connectivity index (χ0n) is 13.4. The number of carbonyl (C=O) groups is 2. The van der Waals surface area contributed by atoms with E-state index in [1.807, 2.05) is 0 Å². The molecule has 8 nitrogen and oxygen atoms in total. The maximum atomic E-state index is 13.6. The molecule has 0 aliphatic rings. The maximum absolute atomic E-state index is 13.6. The van der Waals surface area contributed by atoms with Gasteiger partial charge in [-0.2, -0.15) is 13.5 Å². The fraction of sp³-hybridized carbons (Fsp3) is 0.571. The second kappa shape index (κ2) is 7.70. The first-order valence-corrected chi connectivity index (χ1v) is 7.03. The van der Waals surface area contributed by atoms with Crippen LogP contribution in [0.2, 0.25) is 0 Å². The third-order valence-corrected chi connectivity index (χ3v) is 2.51. The highest BCUT2D eigenvalue weighted by atomic mass is 19.1. The van der Waals surface area contributed by atoms with Gasteiger partial charge in [-0.3, -0.25) is 4.79 Å². The lowest BCUT2D eigenvalue weighted by Crippen LogP contribution is -2.47. The smallest absolute Gasteiger partial charge is 0.425 e. The first-order valence-electron chi connectivity index (χ1n) is 7.03. The minimum Gasteiger partial charge on any atom is -0.449 e. The molecular weight excluding hydrogens is 311 g/mol. The van der Waals surface area contributed by atoms with Gasteiger partial charge in [-0.25, -0.2) is 14.4 Å². The van der Waals surface area contributed by atoms with Crippen molar-refractivity contribution in [3.63, 3.8) is 0 Å². The highest BCUT2D eigenvalue weighted by molar-refractivity contribution is 5.73. The van der Waals surface area contributed by atoms with Crippen molar-refractivity contribution in [2.24, 2.45) is 11.8 Å². The van der Waals surface area contributed by atoms with Crippen molar-refractivity contribution in [3.8, 4) is 0 Å². The molecule has 128 valence electrons. The molecule has 0 amide bonds. The zero-order valence-corrected chi connectivity index (χ0v) is 13.4. The van der Waals surface area contributed by atoms with Gasteiger partial charge in [0.05, 0.1) is 19.4 Å². The largest absolute Gasteiger partial charge is 0.449 e. The molecule has 1 aromatic heterocycles. The van der Waals surface area contributed by atoms with E-state index in [1.54, 1.807) is 27.7 Å². The number of halogens is 1. The summed E-state index contributed by atoms with van der Waals surface area (Å²) >= 11 is 0. The summed E-state index contributed by atoms with van der Waals surface area (Å²) < 4.78 is 23.3. The second-order valence-electron chi connectivity index (χ2n) is 5.71. The van der Waals surface area contributed by atoms with Gasteiger partial charge >= 0.3 is 23.4 Å². The summed E-state index contributed by atoms with van der Waals surface area (Å²) in [6, 6.07) is 0. The molecule has 0 aliphatic carbocycles. The summed E-state index contributed by atoms with van der Waals surface area (Å²) in [5, 5.41) is 0. The lowest BCUT2D eigenvalue weighted by molar-refractivity contribution is 0.126. The number of carbonyl (C=O) groups excluding carboxylic acids is 2. The first-order chi connectivity index (χ1) is 10.6. The Balaban J connectivity index is 3.22. The van der Waals surface area contributed by atoms with Crippen LogP contribution in [0.5, 0.6) is 0 Å². The third kappa shape index (κ3) is 4.76. The summed E-state index contributed by atoms with van der Waals surface area (Å²) in [6.45, 7) is 6.93. The van der Waals surface area contributed by atoms with E-state index in [1.165, 1.54) is 0 Å². The van der Waals surface area contributed by atoms with Crippen LogP contribution >= 0.6 is 0 Å². The minimum atomic E-state index is -1.49. The molecule has 0 fully saturated rings. The van der Waals surface area contributed by atoms with Crippen LogP contribution in [-0.4, -0.2) is 34.5 Å². The minimum absolute atomic E-state index is 0.0101. The highest BCUT2D eigenvalue weighted by Gasteiger charge is 2.22. The van der Waals surface area contributed by atoms with Gasteiger partial charge in [0.25, 0.3) is 0 Å². The van der Waals surface area contributed by atoms with E-state index in [0.717, 1.165) is 0 Å². The molecule has 0 atom stereocenters. The first kappa shape index (κ1) is 18.6. The van der Waals surface area contributed by atoms with Gasteiger partial charge in [-0.15, -0.1) is 0 Å². The fourth-order valence-electron chi connectivity index (χ4n) is 1.43. The number of nitrogens with zero attached hydrogens (tertiary/aromatic N) is 2. The average Bonchev–Trinajstić information content (AvgIpc) is 2.46. The molecule has 0 aromatic carbocycles. The number of hydrogen-bond donors (Lipinski definition) is 0. The third-order valence-electron chi connectivity index (χ3n) is 2.51. The molecule has 1 aromatic rings. The van der Waals surface area contributed by atoms with Crippen LogP contribution in [0, 0.1) is 17.7 Å². The Morgan fingerprint density at radius 3 is 2.00 bits per heavy atom. The van der Waals surface area contributed by atoms with Crippen LogP contribution in [0.3, 0.4) is 0 Å². The fourth-order valence-corrected chi connectivity index (χ4v) is 1.43. The van der Waals surface area contributed by atoms with Gasteiger partial charge in [-0.1, -0.05) is 27.7 Å². The number of aromatic nitrogens is 2. The second-order valence-corrected chi connectivity index (χ2v) is 5.71. The van der Waals surface area contributed by atoms with E-state index in [4.69, 9.17) is 9.47 Å². The SMILES string of the molecule is CC(C)COC(=O)n1cc(F)c(=O)n(C(=O)OCC(C)C)c1=O. The predicted octanol–water partition coefficient (Wildman–Crippen LogP) is 1.43. The molecule has 0 saturated carbocycles. The monoisotopic (exact) mass is 330 g/mol. The Hall–Kier alpha value is -2.45. The molecule has 0 unspecified atom stereocenters. The van der Waals surface area contributed by atoms with Crippen molar-refractivity contribution in [1.29, 1.82) is 0 Å². The lowest BCUT2D eigenvalue weighted by Gasteiger charge is -2.11. The van der Waals surface area contributed by atoms with Crippen molar-refractivity contribution in [3.05, 3.63) is 32.9 Å². The zero-order chi connectivity index (χ0) is 17.7. The molecular formula is C14H19FN2O6. The molecule has 0 aliphatic heterocycles. The normalized spacial score (nSPS) is 10.9. The molecule has 23 heavy (non-hydrogen) atoms. The lowest BCUT2D eigenvalue weighted by atomic mass is 10.2. The van der Waals surface area contributed by atoms with Crippen molar-refractivity contribution in [1.82, 2.24) is 9.13 Å². The van der Waals surface area contributed by atoms with Gasteiger partial charge in [-0.05, 0) is 11.8 Å². The number of rotatable bonds is 4. The number of hydrogen-bond acceptors (Lipinski definition) is 6. The summed E-state index contributed by atoms with van der Waals surface area (Å²) in [7, 11) is 0. The highest BCUT2D eigenvalue weighted by Crippen LogP contribution is 1.97. The summed E-state index contributed by atoms with van der Waals surface area (Å²) in [5.41, 5.74) is -2.84. The van der Waals surface area contributed by atoms with E-state index in [9.17, 15) is 23.6 Å². The molecule has 1 heterocycles. The summed E-state index contributed by atoms with van der Waals surface area (Å²) in [6.07, 6.45) is -2.15. The Morgan fingerprint density at radius 1 is 1.04 bits per heavy atom. The van der Waals surface area contributed by atoms with Crippen LogP contribution in [0.1, 0.15) is 27.7 Å². The van der Waals surface area contributed by atoms with E-state index in [0.29, 0.717) is 6.20 Å². The number of ether oxygens (including phenoxy) is 2. The quantitative estimate of drug-likeness (QED) is 0.828. The molecule has 0 N–H and O–H groups in total. The molecule has 0 radical (unpaired) electrons. The van der Waals surface area contributed by atoms with E-state index >= 15 is 0 Å². The van der Waals surface area contributed by atoms with Crippen LogP contribution in [-0.2, 0) is 9.47 Å². The maximum Gasteiger partial charge on any atom is 0.425 e. The van der Waals surface area contributed by atoms with Crippen molar-refractivity contribution < 1.29 is 23.5 Å². The van der Waals surface area contributed by atoms with Crippen LogP contribution < -0.4 is 11.2 Å². The Kier molecular flexibility index (Phi) is 6.23. The molecule has 1 rings (SSSR count). The van der Waals surface area contributed by atoms with Gasteiger partial charge in [0.2, 0.25) is 5.82 Å². The topological polar surface area (TPSA) is 96.6 Å². The van der Waals surface area contributed by atoms with Gasteiger partial charge in [0, 0.05) is 0 Å². The van der Waals surface area contributed by atoms with E-state index in [2.05, 4.69) is 0 Å². The molecule has 9 heteroatoms. The van der Waals surface area contributed by atoms with Gasteiger partial charge < -0.3 is 9.47 Å². The van der Waals surface area contributed by atoms with Crippen molar-refractivity contribution in [2.75, 3.05) is 13.2 Å². The molecule has 0 spiro atoms. The Labute approximate surface area is 131 Å². The summed E-state index contributed by atoms with van der Waals surface area (Å²) in [4.78, 5) is 47.3. The standard InChI is InChI=1S/C14H19FN2O6/c1-8(2)6-22-13(20)16-5-10(15)11(18)17(12(16)19)14(21)23-7-9(3)4/h5,8-9H,6-7H2,1-4H3. The Morgan fingerprint density at radius 2 is 1.52 bits per heavy atom. The van der Waals surface area contributed by atoms with E-state index < -0.39 is 29.3 Å². The van der Waals surface area contributed by atoms with Gasteiger partial charge in [0.15, 0.2) is 0 Å². The average molecular weight is 330 g/mol.